The summed E-state index contributed by atoms with van der Waals surface area (Å²) < 4.78 is 38.8. The Labute approximate surface area is 145 Å². The van der Waals surface area contributed by atoms with Crippen LogP contribution in [0, 0.1) is 12.7 Å². The number of rotatable bonds is 6. The highest BCUT2D eigenvalue weighted by molar-refractivity contribution is 7.89. The van der Waals surface area contributed by atoms with Gasteiger partial charge in [0.2, 0.25) is 10.0 Å². The van der Waals surface area contributed by atoms with Crippen molar-refractivity contribution >= 4 is 21.6 Å². The van der Waals surface area contributed by atoms with Gasteiger partial charge in [-0.2, -0.15) is 0 Å². The zero-order chi connectivity index (χ0) is 18.6. The number of hydrogen-bond donors (Lipinski definition) is 2. The highest BCUT2D eigenvalue weighted by atomic mass is 32.2. The fourth-order valence-corrected chi connectivity index (χ4v) is 2.50. The van der Waals surface area contributed by atoms with E-state index in [4.69, 9.17) is 5.84 Å². The minimum atomic E-state index is -3.32. The Morgan fingerprint density at radius 2 is 2.04 bits per heavy atom. The second-order valence-corrected chi connectivity index (χ2v) is 7.47. The van der Waals surface area contributed by atoms with E-state index in [1.807, 2.05) is 0 Å². The molecule has 0 aliphatic carbocycles. The zero-order valence-corrected chi connectivity index (χ0v) is 14.7. The summed E-state index contributed by atoms with van der Waals surface area (Å²) in [6, 6.07) is 7.25. The molecule has 0 radical (unpaired) electrons. The molecule has 0 saturated carbocycles. The average molecular weight is 366 g/mol. The molecule has 0 aliphatic heterocycles. The monoisotopic (exact) mass is 366 g/mol. The van der Waals surface area contributed by atoms with Crippen LogP contribution in [0.4, 0.5) is 10.1 Å². The van der Waals surface area contributed by atoms with E-state index in [1.54, 1.807) is 6.92 Å². The number of pyridine rings is 1. The number of benzene rings is 1. The van der Waals surface area contributed by atoms with Crippen LogP contribution in [0.3, 0.4) is 0 Å². The standard InChI is InChI=1S/C16H19FN4O3S/c1-3-25(23,24)20-10-13-6-5-12(9-19-13)16(22)21(18)14-7-4-11(2)15(17)8-14/h4-9,20H,3,10,18H2,1-2H3. The first kappa shape index (κ1) is 19.0. The van der Waals surface area contributed by atoms with Crippen molar-refractivity contribution in [3.05, 3.63) is 59.2 Å². The first-order valence-corrected chi connectivity index (χ1v) is 9.16. The van der Waals surface area contributed by atoms with E-state index < -0.39 is 21.7 Å². The van der Waals surface area contributed by atoms with Crippen LogP contribution < -0.4 is 15.6 Å². The largest absolute Gasteiger partial charge is 0.274 e. The van der Waals surface area contributed by atoms with Crippen LogP contribution in [-0.2, 0) is 16.6 Å². The Morgan fingerprint density at radius 3 is 2.60 bits per heavy atom. The van der Waals surface area contributed by atoms with E-state index in [2.05, 4.69) is 9.71 Å². The van der Waals surface area contributed by atoms with Gasteiger partial charge in [-0.05, 0) is 43.7 Å². The molecule has 2 aromatic rings. The average Bonchev–Trinajstić information content (AvgIpc) is 2.61. The van der Waals surface area contributed by atoms with Crippen molar-refractivity contribution in [2.24, 2.45) is 5.84 Å². The van der Waals surface area contributed by atoms with E-state index >= 15 is 0 Å². The summed E-state index contributed by atoms with van der Waals surface area (Å²) in [7, 11) is -3.32. The molecule has 0 spiro atoms. The van der Waals surface area contributed by atoms with Gasteiger partial charge in [0, 0.05) is 6.20 Å². The Bertz CT molecular complexity index is 869. The number of sulfonamides is 1. The second kappa shape index (κ2) is 7.68. The van der Waals surface area contributed by atoms with Crippen LogP contribution >= 0.6 is 0 Å². The van der Waals surface area contributed by atoms with E-state index in [0.29, 0.717) is 11.3 Å². The number of nitrogens with one attached hydrogen (secondary N) is 1. The summed E-state index contributed by atoms with van der Waals surface area (Å²) in [5, 5.41) is 0.832. The lowest BCUT2D eigenvalue weighted by Gasteiger charge is -2.17. The maximum Gasteiger partial charge on any atom is 0.274 e. The summed E-state index contributed by atoms with van der Waals surface area (Å²) in [6.45, 7) is 3.17. The SMILES string of the molecule is CCS(=O)(=O)NCc1ccc(C(=O)N(N)c2ccc(C)c(F)c2)cn1. The van der Waals surface area contributed by atoms with Crippen molar-refractivity contribution < 1.29 is 17.6 Å². The van der Waals surface area contributed by atoms with Gasteiger partial charge in [0.15, 0.2) is 0 Å². The molecular weight excluding hydrogens is 347 g/mol. The fourth-order valence-electron chi connectivity index (χ4n) is 1.93. The third kappa shape index (κ3) is 4.81. The first-order chi connectivity index (χ1) is 11.7. The van der Waals surface area contributed by atoms with E-state index in [0.717, 1.165) is 5.01 Å². The maximum atomic E-state index is 13.6. The zero-order valence-electron chi connectivity index (χ0n) is 13.9. The lowest BCUT2D eigenvalue weighted by Crippen LogP contribution is -2.37. The minimum absolute atomic E-state index is 0.0279. The van der Waals surface area contributed by atoms with Crippen LogP contribution in [-0.4, -0.2) is 25.1 Å². The summed E-state index contributed by atoms with van der Waals surface area (Å²) in [5.74, 6) is 4.71. The number of nitrogens with zero attached hydrogens (tertiary/aromatic N) is 2. The molecule has 9 heteroatoms. The normalized spacial score (nSPS) is 11.4. The van der Waals surface area contributed by atoms with Gasteiger partial charge in [0.25, 0.3) is 5.91 Å². The van der Waals surface area contributed by atoms with Crippen molar-refractivity contribution in [1.29, 1.82) is 0 Å². The van der Waals surface area contributed by atoms with E-state index in [-0.39, 0.29) is 23.5 Å². The highest BCUT2D eigenvalue weighted by Crippen LogP contribution is 2.18. The van der Waals surface area contributed by atoms with E-state index in [1.165, 1.54) is 43.5 Å². The molecule has 1 aromatic carbocycles. The summed E-state index contributed by atoms with van der Waals surface area (Å²) in [4.78, 5) is 16.4. The van der Waals surface area contributed by atoms with Crippen molar-refractivity contribution in [2.45, 2.75) is 20.4 Å². The molecule has 0 saturated heterocycles. The van der Waals surface area contributed by atoms with Crippen molar-refractivity contribution in [1.82, 2.24) is 9.71 Å². The quantitative estimate of drug-likeness (QED) is 0.458. The number of carbonyl (C=O) groups excluding carboxylic acids is 1. The molecule has 7 nitrogen and oxygen atoms in total. The molecule has 0 atom stereocenters. The molecule has 25 heavy (non-hydrogen) atoms. The lowest BCUT2D eigenvalue weighted by atomic mass is 10.2. The van der Waals surface area contributed by atoms with Crippen molar-refractivity contribution in [3.8, 4) is 0 Å². The van der Waals surface area contributed by atoms with Gasteiger partial charge in [-0.15, -0.1) is 0 Å². The Hall–Kier alpha value is -2.36. The number of nitrogens with two attached hydrogens (primary N) is 1. The number of halogens is 1. The first-order valence-electron chi connectivity index (χ1n) is 7.51. The van der Waals surface area contributed by atoms with Gasteiger partial charge in [0.1, 0.15) is 5.82 Å². The smallest absolute Gasteiger partial charge is 0.267 e. The second-order valence-electron chi connectivity index (χ2n) is 5.37. The third-order valence-electron chi connectivity index (χ3n) is 3.58. The highest BCUT2D eigenvalue weighted by Gasteiger charge is 2.16. The van der Waals surface area contributed by atoms with Gasteiger partial charge in [0.05, 0.1) is 29.2 Å². The number of aromatic nitrogens is 1. The Morgan fingerprint density at radius 1 is 1.32 bits per heavy atom. The van der Waals surface area contributed by atoms with Gasteiger partial charge >= 0.3 is 0 Å². The predicted octanol–water partition coefficient (Wildman–Crippen LogP) is 1.49. The van der Waals surface area contributed by atoms with Crippen LogP contribution in [0.25, 0.3) is 0 Å². The van der Waals surface area contributed by atoms with Crippen LogP contribution in [0.15, 0.2) is 36.5 Å². The summed E-state index contributed by atoms with van der Waals surface area (Å²) in [5.41, 5.74) is 1.32. The minimum Gasteiger partial charge on any atom is -0.267 e. The lowest BCUT2D eigenvalue weighted by molar-refractivity contribution is 0.0986. The number of anilines is 1. The molecule has 1 aromatic heterocycles. The topological polar surface area (TPSA) is 105 Å². The number of aryl methyl sites for hydroxylation is 1. The molecule has 1 amide bonds. The van der Waals surface area contributed by atoms with Gasteiger partial charge in [-0.1, -0.05) is 6.07 Å². The molecule has 0 unspecified atom stereocenters. The molecule has 0 fully saturated rings. The van der Waals surface area contributed by atoms with Crippen LogP contribution in [0.2, 0.25) is 0 Å². The van der Waals surface area contributed by atoms with Gasteiger partial charge < -0.3 is 0 Å². The number of hydrazine groups is 1. The van der Waals surface area contributed by atoms with Crippen LogP contribution in [0.5, 0.6) is 0 Å². The molecule has 2 rings (SSSR count). The van der Waals surface area contributed by atoms with Crippen LogP contribution in [0.1, 0.15) is 28.5 Å². The predicted molar refractivity (Wildman–Crippen MR) is 92.7 cm³/mol. The number of carbonyl (C=O) groups is 1. The maximum absolute atomic E-state index is 13.6. The molecule has 0 bridgehead atoms. The third-order valence-corrected chi connectivity index (χ3v) is 4.92. The van der Waals surface area contributed by atoms with E-state index in [9.17, 15) is 17.6 Å². The van der Waals surface area contributed by atoms with Crippen molar-refractivity contribution in [2.75, 3.05) is 10.8 Å². The van der Waals surface area contributed by atoms with Gasteiger partial charge in [-0.25, -0.2) is 28.4 Å². The molecule has 3 N–H and O–H groups in total. The van der Waals surface area contributed by atoms with Crippen molar-refractivity contribution in [3.63, 3.8) is 0 Å². The number of hydrogen-bond acceptors (Lipinski definition) is 5. The fraction of sp³-hybridized carbons (Fsp3) is 0.250. The molecule has 1 heterocycles. The van der Waals surface area contributed by atoms with Gasteiger partial charge in [-0.3, -0.25) is 9.78 Å². The Balaban J connectivity index is 2.10. The number of amides is 1. The summed E-state index contributed by atoms with van der Waals surface area (Å²) >= 11 is 0. The molecule has 134 valence electrons. The Kier molecular flexibility index (Phi) is 5.83. The molecule has 0 aliphatic rings. The molecular formula is C16H19FN4O3S. The summed E-state index contributed by atoms with van der Waals surface area (Å²) in [6.07, 6.45) is 1.29.